The van der Waals surface area contributed by atoms with Gasteiger partial charge in [0.15, 0.2) is 23.4 Å². The van der Waals surface area contributed by atoms with Gasteiger partial charge in [0, 0.05) is 11.8 Å². The Morgan fingerprint density at radius 3 is 3.13 bits per heavy atom. The van der Waals surface area contributed by atoms with Crippen LogP contribution in [0.15, 0.2) is 52.8 Å². The zero-order chi connectivity index (χ0) is 15.4. The molecular weight excluding hydrogens is 298 g/mol. The molecule has 7 nitrogen and oxygen atoms in total. The average Bonchev–Trinajstić information content (AvgIpc) is 3.21. The molecular formula is C16H11N3O4. The van der Waals surface area contributed by atoms with E-state index in [0.717, 1.165) is 5.56 Å². The van der Waals surface area contributed by atoms with Crippen LogP contribution in [0.4, 0.5) is 0 Å². The molecule has 23 heavy (non-hydrogen) atoms. The number of fused-ring (bicyclic) bond motifs is 3. The molecule has 4 aliphatic rings. The second-order valence-electron chi connectivity index (χ2n) is 5.41. The molecule has 1 aromatic carbocycles. The minimum Gasteiger partial charge on any atom is -0.454 e. The molecule has 2 atom stereocenters. The molecule has 5 rings (SSSR count). The first-order valence-corrected chi connectivity index (χ1v) is 7.22. The zero-order valence-corrected chi connectivity index (χ0v) is 11.9. The van der Waals surface area contributed by atoms with E-state index in [9.17, 15) is 4.79 Å². The van der Waals surface area contributed by atoms with E-state index in [1.165, 1.54) is 4.90 Å². The van der Waals surface area contributed by atoms with Crippen LogP contribution in [-0.4, -0.2) is 29.3 Å². The first kappa shape index (κ1) is 12.5. The summed E-state index contributed by atoms with van der Waals surface area (Å²) in [6, 6.07) is 5.52. The number of aliphatic imine (C=N–C) groups is 1. The van der Waals surface area contributed by atoms with Crippen molar-refractivity contribution in [3.63, 3.8) is 0 Å². The van der Waals surface area contributed by atoms with Crippen molar-refractivity contribution in [3.8, 4) is 11.5 Å². The second-order valence-corrected chi connectivity index (χ2v) is 5.41. The van der Waals surface area contributed by atoms with Crippen LogP contribution in [0, 0.1) is 5.92 Å². The maximum absolute atomic E-state index is 12.9. The summed E-state index contributed by atoms with van der Waals surface area (Å²) in [7, 11) is 0. The molecule has 1 amide bonds. The minimum absolute atomic E-state index is 0.117. The topological polar surface area (TPSA) is 72.7 Å². The fourth-order valence-electron chi connectivity index (χ4n) is 3.09. The van der Waals surface area contributed by atoms with E-state index < -0.39 is 12.0 Å². The van der Waals surface area contributed by atoms with Gasteiger partial charge in [0.1, 0.15) is 11.8 Å². The number of hydrogen-bond acceptors (Lipinski definition) is 6. The highest BCUT2D eigenvalue weighted by Gasteiger charge is 2.48. The first-order chi connectivity index (χ1) is 11.3. The molecule has 1 aromatic rings. The molecule has 2 unspecified atom stereocenters. The van der Waals surface area contributed by atoms with Crippen LogP contribution in [0.1, 0.15) is 11.7 Å². The van der Waals surface area contributed by atoms with Crippen LogP contribution in [0.2, 0.25) is 0 Å². The second kappa shape index (κ2) is 4.45. The molecule has 4 aliphatic heterocycles. The van der Waals surface area contributed by atoms with E-state index in [1.807, 2.05) is 24.3 Å². The Labute approximate surface area is 131 Å². The molecule has 0 bridgehead atoms. The van der Waals surface area contributed by atoms with Crippen LogP contribution >= 0.6 is 0 Å². The van der Waals surface area contributed by atoms with Gasteiger partial charge in [0.25, 0.3) is 0 Å². The van der Waals surface area contributed by atoms with E-state index in [1.54, 1.807) is 18.4 Å². The van der Waals surface area contributed by atoms with Crippen LogP contribution < -0.4 is 9.47 Å². The summed E-state index contributed by atoms with van der Waals surface area (Å²) in [6.45, 7) is 0.160. The van der Waals surface area contributed by atoms with E-state index in [0.29, 0.717) is 23.2 Å². The molecule has 0 radical (unpaired) electrons. The Balaban J connectivity index is 1.58. The third kappa shape index (κ3) is 1.67. The molecule has 0 aliphatic carbocycles. The smallest absolute Gasteiger partial charge is 0.247 e. The maximum Gasteiger partial charge on any atom is 0.247 e. The fraction of sp³-hybridized carbons (Fsp3) is 0.188. The van der Waals surface area contributed by atoms with Crippen molar-refractivity contribution in [2.75, 3.05) is 6.79 Å². The van der Waals surface area contributed by atoms with Crippen molar-refractivity contribution in [1.82, 2.24) is 4.90 Å². The molecule has 0 fully saturated rings. The van der Waals surface area contributed by atoms with Crippen LogP contribution in [0.3, 0.4) is 0 Å². The van der Waals surface area contributed by atoms with Gasteiger partial charge in [-0.1, -0.05) is 23.4 Å². The zero-order valence-electron chi connectivity index (χ0n) is 11.9. The van der Waals surface area contributed by atoms with Crippen LogP contribution in [0.5, 0.6) is 11.5 Å². The van der Waals surface area contributed by atoms with Gasteiger partial charge in [-0.25, -0.2) is 4.99 Å². The number of allylic oxidation sites excluding steroid dienone is 2. The number of hydrogen-bond donors (Lipinski definition) is 0. The van der Waals surface area contributed by atoms with E-state index in [4.69, 9.17) is 14.3 Å². The minimum atomic E-state index is -0.592. The lowest BCUT2D eigenvalue weighted by Crippen LogP contribution is -2.45. The third-order valence-electron chi connectivity index (χ3n) is 4.15. The first-order valence-electron chi connectivity index (χ1n) is 7.22. The number of nitrogens with zero attached hydrogens (tertiary/aromatic N) is 3. The SMILES string of the molecule is O=C1C2C(=NOC2c2cccc3c2OCO3)N=C2C=CC=CN12. The normalized spacial score (nSPS) is 26.4. The summed E-state index contributed by atoms with van der Waals surface area (Å²) < 4.78 is 10.9. The van der Waals surface area contributed by atoms with Gasteiger partial charge >= 0.3 is 0 Å². The molecule has 0 saturated heterocycles. The standard InChI is InChI=1S/C16H11N3O4/c20-16-12-14(9-4-3-5-10-13(9)22-8-21-10)23-18-15(12)17-11-6-1-2-7-19(11)16/h1-7,12,14H,8H2. The van der Waals surface area contributed by atoms with Gasteiger partial charge < -0.3 is 14.3 Å². The molecule has 0 aromatic heterocycles. The van der Waals surface area contributed by atoms with Gasteiger partial charge in [-0.2, -0.15) is 0 Å². The highest BCUT2D eigenvalue weighted by molar-refractivity contribution is 6.21. The highest BCUT2D eigenvalue weighted by atomic mass is 16.7. The van der Waals surface area contributed by atoms with Crippen molar-refractivity contribution in [1.29, 1.82) is 0 Å². The van der Waals surface area contributed by atoms with E-state index in [-0.39, 0.29) is 12.7 Å². The quantitative estimate of drug-likeness (QED) is 0.792. The van der Waals surface area contributed by atoms with Crippen molar-refractivity contribution < 1.29 is 19.1 Å². The number of amides is 1. The Hall–Kier alpha value is -3.09. The predicted molar refractivity (Wildman–Crippen MR) is 79.9 cm³/mol. The number of benzene rings is 1. The summed E-state index contributed by atoms with van der Waals surface area (Å²) in [4.78, 5) is 24.3. The Bertz CT molecular complexity index is 840. The van der Waals surface area contributed by atoms with Crippen molar-refractivity contribution >= 4 is 17.6 Å². The maximum atomic E-state index is 12.9. The highest BCUT2D eigenvalue weighted by Crippen LogP contribution is 2.45. The molecule has 0 N–H and O–H groups in total. The van der Waals surface area contributed by atoms with Crippen molar-refractivity contribution in [2.24, 2.45) is 16.1 Å². The molecule has 7 heteroatoms. The monoisotopic (exact) mass is 309 g/mol. The number of amidine groups is 2. The van der Waals surface area contributed by atoms with Crippen molar-refractivity contribution in [2.45, 2.75) is 6.10 Å². The lowest BCUT2D eigenvalue weighted by molar-refractivity contribution is -0.130. The molecule has 4 heterocycles. The van der Waals surface area contributed by atoms with E-state index in [2.05, 4.69) is 10.1 Å². The summed E-state index contributed by atoms with van der Waals surface area (Å²) in [6.07, 6.45) is 6.51. The lowest BCUT2D eigenvalue weighted by atomic mass is 9.91. The summed E-state index contributed by atoms with van der Waals surface area (Å²) in [5, 5.41) is 4.01. The van der Waals surface area contributed by atoms with Gasteiger partial charge in [-0.05, 0) is 18.2 Å². The average molecular weight is 309 g/mol. The molecule has 0 saturated carbocycles. The molecule has 0 spiro atoms. The van der Waals surface area contributed by atoms with Crippen LogP contribution in [0.25, 0.3) is 0 Å². The number of carbonyl (C=O) groups excluding carboxylic acids is 1. The predicted octanol–water partition coefficient (Wildman–Crippen LogP) is 1.74. The van der Waals surface area contributed by atoms with Gasteiger partial charge in [-0.15, -0.1) is 0 Å². The number of oxime groups is 1. The number of para-hydroxylation sites is 1. The summed E-state index contributed by atoms with van der Waals surface area (Å²) in [5.41, 5.74) is 0.743. The lowest BCUT2D eigenvalue weighted by Gasteiger charge is -2.29. The largest absolute Gasteiger partial charge is 0.454 e. The van der Waals surface area contributed by atoms with Gasteiger partial charge in [0.05, 0.1) is 0 Å². The number of rotatable bonds is 1. The summed E-state index contributed by atoms with van der Waals surface area (Å²) in [5.74, 6) is 1.48. The number of ether oxygens (including phenoxy) is 2. The van der Waals surface area contributed by atoms with Gasteiger partial charge in [-0.3, -0.25) is 9.69 Å². The number of carbonyl (C=O) groups is 1. The Morgan fingerprint density at radius 2 is 2.17 bits per heavy atom. The van der Waals surface area contributed by atoms with E-state index >= 15 is 0 Å². The van der Waals surface area contributed by atoms with Gasteiger partial charge in [0.2, 0.25) is 12.7 Å². The van der Waals surface area contributed by atoms with Crippen molar-refractivity contribution in [3.05, 3.63) is 48.2 Å². The Morgan fingerprint density at radius 1 is 1.22 bits per heavy atom. The van der Waals surface area contributed by atoms with Crippen LogP contribution in [-0.2, 0) is 9.63 Å². The Kier molecular flexibility index (Phi) is 2.41. The fourth-order valence-corrected chi connectivity index (χ4v) is 3.09. The molecule has 114 valence electrons. The summed E-state index contributed by atoms with van der Waals surface area (Å²) >= 11 is 0. The third-order valence-corrected chi connectivity index (χ3v) is 4.15.